The lowest BCUT2D eigenvalue weighted by molar-refractivity contribution is -0.117. The summed E-state index contributed by atoms with van der Waals surface area (Å²) in [6.07, 6.45) is 0. The van der Waals surface area contributed by atoms with Gasteiger partial charge in [-0.3, -0.25) is 14.6 Å². The zero-order valence-electron chi connectivity index (χ0n) is 20.6. The number of hydrogen-bond donors (Lipinski definition) is 2. The van der Waals surface area contributed by atoms with E-state index in [1.54, 1.807) is 0 Å². The van der Waals surface area contributed by atoms with Gasteiger partial charge in [-0.2, -0.15) is 0 Å². The second kappa shape index (κ2) is 11.3. The molecule has 4 aromatic rings. The first kappa shape index (κ1) is 25.2. The number of hydrogen-bond acceptors (Lipinski definition) is 5. The van der Waals surface area contributed by atoms with Gasteiger partial charge in [-0.05, 0) is 29.3 Å². The summed E-state index contributed by atoms with van der Waals surface area (Å²) in [5, 5.41) is 3.71. The zero-order valence-corrected chi connectivity index (χ0v) is 22.2. The third-order valence-corrected chi connectivity index (χ3v) is 7.28. The van der Waals surface area contributed by atoms with E-state index < -0.39 is 5.97 Å². The molecule has 0 aliphatic carbocycles. The molecule has 0 radical (unpaired) electrons. The predicted octanol–water partition coefficient (Wildman–Crippen LogP) is 5.06. The van der Waals surface area contributed by atoms with Gasteiger partial charge in [0.05, 0.1) is 25.4 Å². The molecule has 1 saturated heterocycles. The Morgan fingerprint density at radius 1 is 0.946 bits per heavy atom. The van der Waals surface area contributed by atoms with Crippen LogP contribution in [0.5, 0.6) is 0 Å². The van der Waals surface area contributed by atoms with E-state index in [1.807, 2.05) is 30.3 Å². The van der Waals surface area contributed by atoms with Gasteiger partial charge in [-0.1, -0.05) is 76.6 Å². The largest absolute Gasteiger partial charge is 0.464 e. The van der Waals surface area contributed by atoms with Crippen molar-refractivity contribution in [3.63, 3.8) is 0 Å². The van der Waals surface area contributed by atoms with Crippen molar-refractivity contribution in [3.05, 3.63) is 100 Å². The van der Waals surface area contributed by atoms with E-state index in [0.29, 0.717) is 5.69 Å². The van der Waals surface area contributed by atoms with Crippen LogP contribution in [0.2, 0.25) is 0 Å². The fourth-order valence-corrected chi connectivity index (χ4v) is 5.36. The first-order chi connectivity index (χ1) is 18.0. The minimum Gasteiger partial charge on any atom is -0.464 e. The van der Waals surface area contributed by atoms with Gasteiger partial charge in [0.25, 0.3) is 0 Å². The number of esters is 1. The molecular weight excluding hydrogens is 532 g/mol. The molecule has 1 amide bonds. The molecule has 1 aliphatic heterocycles. The number of carbonyl (C=O) groups is 2. The van der Waals surface area contributed by atoms with E-state index >= 15 is 0 Å². The lowest BCUT2D eigenvalue weighted by Gasteiger charge is -2.39. The third kappa shape index (κ3) is 5.61. The van der Waals surface area contributed by atoms with Crippen LogP contribution in [0.25, 0.3) is 10.9 Å². The Hall–Kier alpha value is -3.46. The number of aromatic amines is 1. The number of aromatic nitrogens is 1. The van der Waals surface area contributed by atoms with Gasteiger partial charge in [-0.25, -0.2) is 4.79 Å². The Labute approximate surface area is 224 Å². The molecule has 7 nitrogen and oxygen atoms in total. The molecule has 2 N–H and O–H groups in total. The van der Waals surface area contributed by atoms with Crippen LogP contribution in [0, 0.1) is 0 Å². The monoisotopic (exact) mass is 560 g/mol. The molecule has 0 unspecified atom stereocenters. The molecule has 1 fully saturated rings. The van der Waals surface area contributed by atoms with Gasteiger partial charge >= 0.3 is 5.97 Å². The number of fused-ring (bicyclic) bond motifs is 1. The summed E-state index contributed by atoms with van der Waals surface area (Å²) in [7, 11) is 1.33. The molecule has 1 aliphatic rings. The second-order valence-corrected chi connectivity index (χ2v) is 10.1. The van der Waals surface area contributed by atoms with Crippen LogP contribution >= 0.6 is 15.9 Å². The molecule has 0 atom stereocenters. The molecule has 0 spiro atoms. The summed E-state index contributed by atoms with van der Waals surface area (Å²) in [6, 6.07) is 26.9. The van der Waals surface area contributed by atoms with E-state index in [1.165, 1.54) is 18.2 Å². The number of piperazine rings is 1. The lowest BCUT2D eigenvalue weighted by atomic mass is 9.96. The standard InChI is InChI=1S/C29H29BrN4O3/c1-37-29(36)27-26(23-18-22(30)12-13-24(23)31-27)32-25(35)19-33-14-16-34(17-15-33)28(20-8-4-2-5-9-20)21-10-6-3-7-11-21/h2-13,18,28,31H,14-17,19H2,1H3,(H,32,35). The number of carbonyl (C=O) groups excluding carboxylic acids is 2. The smallest absolute Gasteiger partial charge is 0.356 e. The Bertz CT molecular complexity index is 1340. The van der Waals surface area contributed by atoms with Crippen molar-refractivity contribution in [2.45, 2.75) is 6.04 Å². The van der Waals surface area contributed by atoms with Crippen molar-refractivity contribution >= 4 is 44.4 Å². The van der Waals surface area contributed by atoms with E-state index in [2.05, 4.69) is 84.6 Å². The number of rotatable bonds is 7. The fraction of sp³-hybridized carbons (Fsp3) is 0.241. The van der Waals surface area contributed by atoms with Crippen LogP contribution in [0.3, 0.4) is 0 Å². The van der Waals surface area contributed by atoms with Gasteiger partial charge in [0.15, 0.2) is 0 Å². The van der Waals surface area contributed by atoms with E-state index in [-0.39, 0.29) is 24.2 Å². The number of halogens is 1. The number of amides is 1. The zero-order chi connectivity index (χ0) is 25.8. The highest BCUT2D eigenvalue weighted by Gasteiger charge is 2.28. The van der Waals surface area contributed by atoms with Crippen molar-refractivity contribution in [2.24, 2.45) is 0 Å². The molecular formula is C29H29BrN4O3. The summed E-state index contributed by atoms with van der Waals surface area (Å²) in [6.45, 7) is 3.47. The van der Waals surface area contributed by atoms with Crippen LogP contribution in [0.1, 0.15) is 27.7 Å². The molecule has 1 aromatic heterocycles. The van der Waals surface area contributed by atoms with Crippen molar-refractivity contribution < 1.29 is 14.3 Å². The number of nitrogens with one attached hydrogen (secondary N) is 2. The summed E-state index contributed by atoms with van der Waals surface area (Å²) in [5.74, 6) is -0.689. The van der Waals surface area contributed by atoms with E-state index in [4.69, 9.17) is 4.74 Å². The lowest BCUT2D eigenvalue weighted by Crippen LogP contribution is -2.49. The van der Waals surface area contributed by atoms with E-state index in [0.717, 1.165) is 41.6 Å². The third-order valence-electron chi connectivity index (χ3n) is 6.78. The first-order valence-electron chi connectivity index (χ1n) is 12.3. The SMILES string of the molecule is COC(=O)c1[nH]c2ccc(Br)cc2c1NC(=O)CN1CCN(C(c2ccccc2)c2ccccc2)CC1. The molecule has 5 rings (SSSR count). The van der Waals surface area contributed by atoms with Crippen molar-refractivity contribution in [3.8, 4) is 0 Å². The normalized spacial score (nSPS) is 14.7. The highest BCUT2D eigenvalue weighted by Crippen LogP contribution is 2.32. The molecule has 2 heterocycles. The predicted molar refractivity (Wildman–Crippen MR) is 149 cm³/mol. The Morgan fingerprint density at radius 2 is 1.57 bits per heavy atom. The van der Waals surface area contributed by atoms with Crippen LogP contribution in [-0.2, 0) is 9.53 Å². The number of methoxy groups -OCH3 is 1. The summed E-state index contributed by atoms with van der Waals surface area (Å²) in [4.78, 5) is 33.1. The van der Waals surface area contributed by atoms with Crippen LogP contribution in [0.15, 0.2) is 83.3 Å². The number of benzene rings is 3. The van der Waals surface area contributed by atoms with Gasteiger partial charge in [0.2, 0.25) is 5.91 Å². The summed E-state index contributed by atoms with van der Waals surface area (Å²) >= 11 is 3.47. The number of nitrogens with zero attached hydrogens (tertiary/aromatic N) is 2. The Balaban J connectivity index is 1.27. The molecule has 190 valence electrons. The van der Waals surface area contributed by atoms with Gasteiger partial charge < -0.3 is 15.0 Å². The Morgan fingerprint density at radius 3 is 2.16 bits per heavy atom. The topological polar surface area (TPSA) is 77.7 Å². The number of ether oxygens (including phenoxy) is 1. The first-order valence-corrected chi connectivity index (χ1v) is 13.1. The van der Waals surface area contributed by atoms with Crippen LogP contribution in [0.4, 0.5) is 5.69 Å². The molecule has 0 bridgehead atoms. The van der Waals surface area contributed by atoms with Crippen molar-refractivity contribution in [1.29, 1.82) is 0 Å². The molecule has 37 heavy (non-hydrogen) atoms. The minimum absolute atomic E-state index is 0.165. The quantitative estimate of drug-likeness (QED) is 0.309. The number of anilines is 1. The summed E-state index contributed by atoms with van der Waals surface area (Å²) < 4.78 is 5.78. The average Bonchev–Trinajstić information content (AvgIpc) is 3.27. The highest BCUT2D eigenvalue weighted by atomic mass is 79.9. The van der Waals surface area contributed by atoms with Gasteiger partial charge in [-0.15, -0.1) is 0 Å². The maximum absolute atomic E-state index is 13.1. The molecule has 0 saturated carbocycles. The Kier molecular flexibility index (Phi) is 7.69. The second-order valence-electron chi connectivity index (χ2n) is 9.14. The minimum atomic E-state index is -0.524. The maximum atomic E-state index is 13.1. The van der Waals surface area contributed by atoms with Crippen LogP contribution in [-0.4, -0.2) is 66.5 Å². The van der Waals surface area contributed by atoms with E-state index in [9.17, 15) is 9.59 Å². The fourth-order valence-electron chi connectivity index (χ4n) is 5.00. The van der Waals surface area contributed by atoms with Crippen molar-refractivity contribution in [2.75, 3.05) is 45.2 Å². The number of H-pyrrole nitrogens is 1. The average molecular weight is 561 g/mol. The molecule has 3 aromatic carbocycles. The maximum Gasteiger partial charge on any atom is 0.356 e. The summed E-state index contributed by atoms with van der Waals surface area (Å²) in [5.41, 5.74) is 3.96. The van der Waals surface area contributed by atoms with Crippen LogP contribution < -0.4 is 5.32 Å². The molecule has 8 heteroatoms. The van der Waals surface area contributed by atoms with Gasteiger partial charge in [0, 0.05) is 41.6 Å². The van der Waals surface area contributed by atoms with Crippen molar-refractivity contribution in [1.82, 2.24) is 14.8 Å². The highest BCUT2D eigenvalue weighted by molar-refractivity contribution is 9.10. The van der Waals surface area contributed by atoms with Gasteiger partial charge in [0.1, 0.15) is 5.69 Å².